The summed E-state index contributed by atoms with van der Waals surface area (Å²) in [5.41, 5.74) is 6.91. The molecule has 0 saturated heterocycles. The fourth-order valence-corrected chi connectivity index (χ4v) is 3.81. The van der Waals surface area contributed by atoms with Gasteiger partial charge < -0.3 is 10.2 Å². The van der Waals surface area contributed by atoms with Gasteiger partial charge >= 0.3 is 6.18 Å². The Hall–Kier alpha value is -3.59. The molecule has 4 aromatic rings. The van der Waals surface area contributed by atoms with Crippen molar-refractivity contribution in [3.63, 3.8) is 0 Å². The Labute approximate surface area is 179 Å². The van der Waals surface area contributed by atoms with Gasteiger partial charge in [0.1, 0.15) is 5.76 Å². The molecule has 0 aliphatic carbocycles. The highest BCUT2D eigenvalue weighted by Gasteiger charge is 2.30. The molecular formula is C22H16F3N3O2S. The van der Waals surface area contributed by atoms with Gasteiger partial charge in [0, 0.05) is 28.7 Å². The molecule has 158 valence electrons. The number of furan rings is 1. The Balaban J connectivity index is 1.43. The van der Waals surface area contributed by atoms with Crippen molar-refractivity contribution in [2.24, 2.45) is 0 Å². The minimum absolute atomic E-state index is 0.104. The van der Waals surface area contributed by atoms with E-state index in [1.165, 1.54) is 23.6 Å². The Bertz CT molecular complexity index is 1230. The number of anilines is 2. The zero-order valence-corrected chi connectivity index (χ0v) is 16.8. The average Bonchev–Trinajstić information content (AvgIpc) is 3.37. The van der Waals surface area contributed by atoms with Crippen molar-refractivity contribution in [3.8, 4) is 11.3 Å². The Morgan fingerprint density at radius 1 is 1.10 bits per heavy atom. The SMILES string of the molecule is Nc1cccc(-c2ccc(C(=O)Nc3ncc(Cc4cccc(C(F)(F)F)c4)s3)o2)c1. The van der Waals surface area contributed by atoms with Crippen molar-refractivity contribution in [3.05, 3.63) is 88.6 Å². The smallest absolute Gasteiger partial charge is 0.416 e. The van der Waals surface area contributed by atoms with E-state index in [2.05, 4.69) is 10.3 Å². The number of nitrogens with two attached hydrogens (primary N) is 1. The zero-order chi connectivity index (χ0) is 22.0. The first-order chi connectivity index (χ1) is 14.8. The standard InChI is InChI=1S/C22H16F3N3O2S/c23-22(24,25)15-5-1-3-13(9-15)10-17-12-27-21(31-17)28-20(29)19-8-7-18(30-19)14-4-2-6-16(26)11-14/h1-9,11-12H,10,26H2,(H,27,28,29). The number of hydrogen-bond acceptors (Lipinski definition) is 5. The number of nitrogens with one attached hydrogen (secondary N) is 1. The van der Waals surface area contributed by atoms with Gasteiger partial charge in [-0.05, 0) is 35.9 Å². The summed E-state index contributed by atoms with van der Waals surface area (Å²) in [5.74, 6) is 0.129. The third-order valence-corrected chi connectivity index (χ3v) is 5.32. The number of aromatic nitrogens is 1. The maximum Gasteiger partial charge on any atom is 0.416 e. The Kier molecular flexibility index (Phi) is 5.51. The predicted molar refractivity (Wildman–Crippen MR) is 113 cm³/mol. The molecular weight excluding hydrogens is 427 g/mol. The van der Waals surface area contributed by atoms with E-state index < -0.39 is 17.6 Å². The maximum atomic E-state index is 12.9. The van der Waals surface area contributed by atoms with E-state index in [9.17, 15) is 18.0 Å². The molecule has 0 fully saturated rings. The van der Waals surface area contributed by atoms with E-state index in [-0.39, 0.29) is 12.2 Å². The quantitative estimate of drug-likeness (QED) is 0.379. The molecule has 0 saturated carbocycles. The third kappa shape index (κ3) is 4.95. The monoisotopic (exact) mass is 443 g/mol. The van der Waals surface area contributed by atoms with E-state index in [1.807, 2.05) is 6.07 Å². The predicted octanol–water partition coefficient (Wildman–Crippen LogP) is 5.85. The molecule has 9 heteroatoms. The number of halogens is 3. The highest BCUT2D eigenvalue weighted by Crippen LogP contribution is 2.31. The van der Waals surface area contributed by atoms with Gasteiger partial charge in [0.05, 0.1) is 5.56 Å². The van der Waals surface area contributed by atoms with Crippen LogP contribution in [-0.4, -0.2) is 10.9 Å². The van der Waals surface area contributed by atoms with Crippen LogP contribution in [0.25, 0.3) is 11.3 Å². The van der Waals surface area contributed by atoms with Crippen LogP contribution in [0.4, 0.5) is 24.0 Å². The fourth-order valence-electron chi connectivity index (χ4n) is 2.97. The molecule has 0 spiro atoms. The van der Waals surface area contributed by atoms with Gasteiger partial charge in [-0.1, -0.05) is 30.3 Å². The van der Waals surface area contributed by atoms with Gasteiger partial charge in [-0.15, -0.1) is 11.3 Å². The number of carbonyl (C=O) groups is 1. The first-order valence-corrected chi connectivity index (χ1v) is 9.97. The van der Waals surface area contributed by atoms with Crippen molar-refractivity contribution < 1.29 is 22.4 Å². The van der Waals surface area contributed by atoms with Crippen LogP contribution < -0.4 is 11.1 Å². The van der Waals surface area contributed by atoms with Crippen LogP contribution in [0.5, 0.6) is 0 Å². The van der Waals surface area contributed by atoms with Crippen molar-refractivity contribution in [1.29, 1.82) is 0 Å². The lowest BCUT2D eigenvalue weighted by molar-refractivity contribution is -0.137. The van der Waals surface area contributed by atoms with Crippen molar-refractivity contribution in [1.82, 2.24) is 4.98 Å². The topological polar surface area (TPSA) is 81.2 Å². The molecule has 2 heterocycles. The largest absolute Gasteiger partial charge is 0.451 e. The summed E-state index contributed by atoms with van der Waals surface area (Å²) in [5, 5.41) is 2.97. The summed E-state index contributed by atoms with van der Waals surface area (Å²) < 4.78 is 44.2. The molecule has 4 rings (SSSR count). The minimum atomic E-state index is -4.39. The normalized spacial score (nSPS) is 11.5. The molecule has 31 heavy (non-hydrogen) atoms. The van der Waals surface area contributed by atoms with E-state index in [4.69, 9.17) is 10.2 Å². The maximum absolute atomic E-state index is 12.9. The average molecular weight is 443 g/mol. The summed E-state index contributed by atoms with van der Waals surface area (Å²) in [6.45, 7) is 0. The first-order valence-electron chi connectivity index (χ1n) is 9.16. The number of alkyl halides is 3. The summed E-state index contributed by atoms with van der Waals surface area (Å²) >= 11 is 1.19. The van der Waals surface area contributed by atoms with Gasteiger partial charge in [0.2, 0.25) is 0 Å². The van der Waals surface area contributed by atoms with Crippen LogP contribution in [0.2, 0.25) is 0 Å². The lowest BCUT2D eigenvalue weighted by Crippen LogP contribution is -2.10. The lowest BCUT2D eigenvalue weighted by Gasteiger charge is -2.07. The number of benzene rings is 2. The summed E-state index contributed by atoms with van der Waals surface area (Å²) in [6.07, 6.45) is -2.59. The van der Waals surface area contributed by atoms with Crippen molar-refractivity contribution in [2.75, 3.05) is 11.1 Å². The Morgan fingerprint density at radius 2 is 1.90 bits per heavy atom. The van der Waals surface area contributed by atoms with E-state index >= 15 is 0 Å². The second kappa shape index (κ2) is 8.27. The van der Waals surface area contributed by atoms with Crippen LogP contribution in [0, 0.1) is 0 Å². The van der Waals surface area contributed by atoms with Crippen LogP contribution in [0.15, 0.2) is 71.3 Å². The number of thiazole rings is 1. The molecule has 3 N–H and O–H groups in total. The molecule has 0 bridgehead atoms. The highest BCUT2D eigenvalue weighted by molar-refractivity contribution is 7.15. The number of nitrogens with zero attached hydrogens (tertiary/aromatic N) is 1. The molecule has 0 aliphatic heterocycles. The van der Waals surface area contributed by atoms with Gasteiger partial charge in [-0.3, -0.25) is 10.1 Å². The summed E-state index contributed by atoms with van der Waals surface area (Å²) in [7, 11) is 0. The lowest BCUT2D eigenvalue weighted by atomic mass is 10.1. The number of nitrogen functional groups attached to an aromatic ring is 1. The highest BCUT2D eigenvalue weighted by atomic mass is 32.1. The van der Waals surface area contributed by atoms with Crippen LogP contribution >= 0.6 is 11.3 Å². The minimum Gasteiger partial charge on any atom is -0.451 e. The summed E-state index contributed by atoms with van der Waals surface area (Å²) in [6, 6.07) is 15.4. The van der Waals surface area contributed by atoms with Gasteiger partial charge in [-0.25, -0.2) is 4.98 Å². The molecule has 2 aromatic heterocycles. The second-order valence-corrected chi connectivity index (χ2v) is 7.87. The molecule has 0 radical (unpaired) electrons. The number of rotatable bonds is 5. The number of carbonyl (C=O) groups excluding carboxylic acids is 1. The number of amides is 1. The van der Waals surface area contributed by atoms with Crippen LogP contribution in [0.1, 0.15) is 26.6 Å². The van der Waals surface area contributed by atoms with E-state index in [1.54, 1.807) is 36.4 Å². The fraction of sp³-hybridized carbons (Fsp3) is 0.0909. The van der Waals surface area contributed by atoms with Gasteiger partial charge in [-0.2, -0.15) is 13.2 Å². The van der Waals surface area contributed by atoms with Crippen molar-refractivity contribution in [2.45, 2.75) is 12.6 Å². The van der Waals surface area contributed by atoms with Crippen LogP contribution in [-0.2, 0) is 12.6 Å². The third-order valence-electron chi connectivity index (χ3n) is 4.41. The van der Waals surface area contributed by atoms with E-state index in [0.717, 1.165) is 22.6 Å². The number of hydrogen-bond donors (Lipinski definition) is 2. The van der Waals surface area contributed by atoms with Gasteiger partial charge in [0.25, 0.3) is 5.91 Å². The molecule has 0 atom stereocenters. The molecule has 0 unspecified atom stereocenters. The first kappa shape index (κ1) is 20.7. The van der Waals surface area contributed by atoms with Crippen LogP contribution in [0.3, 0.4) is 0 Å². The van der Waals surface area contributed by atoms with Crippen molar-refractivity contribution >= 4 is 28.1 Å². The molecule has 1 amide bonds. The second-order valence-electron chi connectivity index (χ2n) is 6.75. The zero-order valence-electron chi connectivity index (χ0n) is 15.9. The summed E-state index contributed by atoms with van der Waals surface area (Å²) in [4.78, 5) is 17.3. The van der Waals surface area contributed by atoms with E-state index in [0.29, 0.717) is 22.1 Å². The molecule has 5 nitrogen and oxygen atoms in total. The molecule has 2 aromatic carbocycles. The Morgan fingerprint density at radius 3 is 2.68 bits per heavy atom. The molecule has 0 aliphatic rings. The van der Waals surface area contributed by atoms with Gasteiger partial charge in [0.15, 0.2) is 10.9 Å².